The molecule has 0 aliphatic carbocycles. The fourth-order valence-corrected chi connectivity index (χ4v) is 1.46. The smallest absolute Gasteiger partial charge is 0.251 e. The van der Waals surface area contributed by atoms with Gasteiger partial charge in [0.1, 0.15) is 0 Å². The molecule has 1 aromatic rings. The quantitative estimate of drug-likeness (QED) is 0.757. The number of carbonyl (C=O) groups excluding carboxylic acids is 1. The van der Waals surface area contributed by atoms with E-state index in [1.807, 2.05) is 0 Å². The van der Waals surface area contributed by atoms with Crippen LogP contribution in [0.1, 0.15) is 17.3 Å². The molecule has 0 aliphatic heterocycles. The van der Waals surface area contributed by atoms with E-state index in [1.165, 1.54) is 5.54 Å². The van der Waals surface area contributed by atoms with E-state index >= 15 is 0 Å². The van der Waals surface area contributed by atoms with E-state index in [9.17, 15) is 4.79 Å². The lowest BCUT2D eigenvalue weighted by Gasteiger charge is -2.11. The standard InChI is InChI=1S/C13H16Cl2N2O2/c1-9(8-18)17-13(19)10-2-4-12(5-3-10)16-7-11(15)6-14/h2-6,9,16,18H,7-8H2,1H3,(H,17,19)/b11-6-. The van der Waals surface area contributed by atoms with E-state index < -0.39 is 0 Å². The van der Waals surface area contributed by atoms with Crippen LogP contribution in [0.3, 0.4) is 0 Å². The summed E-state index contributed by atoms with van der Waals surface area (Å²) in [5.41, 5.74) is 2.67. The van der Waals surface area contributed by atoms with Crippen molar-refractivity contribution in [3.05, 3.63) is 40.4 Å². The zero-order valence-electron chi connectivity index (χ0n) is 10.5. The fourth-order valence-electron chi connectivity index (χ4n) is 1.32. The summed E-state index contributed by atoms with van der Waals surface area (Å²) in [5, 5.41) is 15.1. The molecule has 0 bridgehead atoms. The van der Waals surface area contributed by atoms with Crippen LogP contribution in [-0.4, -0.2) is 30.2 Å². The molecule has 104 valence electrons. The summed E-state index contributed by atoms with van der Waals surface area (Å²) in [6, 6.07) is 6.67. The highest BCUT2D eigenvalue weighted by Gasteiger charge is 2.08. The van der Waals surface area contributed by atoms with Crippen LogP contribution in [0.4, 0.5) is 5.69 Å². The summed E-state index contributed by atoms with van der Waals surface area (Å²) in [7, 11) is 0. The molecule has 1 atom stereocenters. The Morgan fingerprint density at radius 1 is 1.42 bits per heavy atom. The molecule has 0 radical (unpaired) electrons. The largest absolute Gasteiger partial charge is 0.394 e. The first-order valence-corrected chi connectivity index (χ1v) is 6.58. The molecular weight excluding hydrogens is 287 g/mol. The Balaban J connectivity index is 2.58. The summed E-state index contributed by atoms with van der Waals surface area (Å²) in [4.78, 5) is 11.7. The van der Waals surface area contributed by atoms with Gasteiger partial charge in [-0.3, -0.25) is 4.79 Å². The highest BCUT2D eigenvalue weighted by atomic mass is 35.5. The van der Waals surface area contributed by atoms with Crippen LogP contribution >= 0.6 is 23.2 Å². The van der Waals surface area contributed by atoms with E-state index in [0.29, 0.717) is 17.1 Å². The Labute approximate surface area is 122 Å². The maximum absolute atomic E-state index is 11.7. The summed E-state index contributed by atoms with van der Waals surface area (Å²) in [6.07, 6.45) is 0. The van der Waals surface area contributed by atoms with Gasteiger partial charge < -0.3 is 15.7 Å². The summed E-state index contributed by atoms with van der Waals surface area (Å²) in [6.45, 7) is 2.07. The van der Waals surface area contributed by atoms with E-state index in [1.54, 1.807) is 31.2 Å². The first-order valence-electron chi connectivity index (χ1n) is 5.77. The van der Waals surface area contributed by atoms with E-state index in [-0.39, 0.29) is 18.6 Å². The van der Waals surface area contributed by atoms with Gasteiger partial charge in [0.25, 0.3) is 5.91 Å². The van der Waals surface area contributed by atoms with Gasteiger partial charge in [-0.25, -0.2) is 0 Å². The van der Waals surface area contributed by atoms with Gasteiger partial charge in [0, 0.05) is 27.9 Å². The molecule has 19 heavy (non-hydrogen) atoms. The molecular formula is C13H16Cl2N2O2. The number of rotatable bonds is 6. The Bertz CT molecular complexity index is 446. The first-order chi connectivity index (χ1) is 9.06. The molecule has 0 aliphatic rings. The molecule has 0 fully saturated rings. The summed E-state index contributed by atoms with van der Waals surface area (Å²) < 4.78 is 0. The van der Waals surface area contributed by atoms with Crippen molar-refractivity contribution >= 4 is 34.8 Å². The fraction of sp³-hybridized carbons (Fsp3) is 0.308. The number of carbonyl (C=O) groups is 1. The maximum Gasteiger partial charge on any atom is 0.251 e. The van der Waals surface area contributed by atoms with Gasteiger partial charge in [0.05, 0.1) is 13.2 Å². The molecule has 0 heterocycles. The number of halogens is 2. The number of aliphatic hydroxyl groups is 1. The lowest BCUT2D eigenvalue weighted by molar-refractivity contribution is 0.0922. The third kappa shape index (κ3) is 5.51. The van der Waals surface area contributed by atoms with Crippen molar-refractivity contribution in [2.45, 2.75) is 13.0 Å². The lowest BCUT2D eigenvalue weighted by atomic mass is 10.2. The predicted octanol–water partition coefficient (Wildman–Crippen LogP) is 2.53. The average molecular weight is 303 g/mol. The molecule has 1 unspecified atom stereocenters. The maximum atomic E-state index is 11.7. The molecule has 0 aromatic heterocycles. The van der Waals surface area contributed by atoms with E-state index in [2.05, 4.69) is 10.6 Å². The second kappa shape index (κ2) is 8.04. The Hall–Kier alpha value is -1.23. The zero-order valence-corrected chi connectivity index (χ0v) is 12.0. The van der Waals surface area contributed by atoms with Gasteiger partial charge in [-0.2, -0.15) is 0 Å². The predicted molar refractivity (Wildman–Crippen MR) is 78.7 cm³/mol. The molecule has 1 aromatic carbocycles. The van der Waals surface area contributed by atoms with Crippen molar-refractivity contribution in [3.8, 4) is 0 Å². The number of benzene rings is 1. The Kier molecular flexibility index (Phi) is 6.70. The zero-order chi connectivity index (χ0) is 14.3. The number of aliphatic hydroxyl groups excluding tert-OH is 1. The van der Waals surface area contributed by atoms with Crippen LogP contribution in [0.2, 0.25) is 0 Å². The van der Waals surface area contributed by atoms with Crippen molar-refractivity contribution in [3.63, 3.8) is 0 Å². The third-order valence-corrected chi connectivity index (χ3v) is 3.00. The molecule has 4 nitrogen and oxygen atoms in total. The molecule has 0 spiro atoms. The molecule has 1 rings (SSSR count). The third-order valence-electron chi connectivity index (χ3n) is 2.38. The van der Waals surface area contributed by atoms with Crippen LogP contribution in [-0.2, 0) is 0 Å². The Morgan fingerprint density at radius 2 is 2.05 bits per heavy atom. The van der Waals surface area contributed by atoms with Crippen LogP contribution < -0.4 is 10.6 Å². The van der Waals surface area contributed by atoms with Crippen molar-refractivity contribution in [1.82, 2.24) is 5.32 Å². The van der Waals surface area contributed by atoms with Crippen LogP contribution in [0.25, 0.3) is 0 Å². The van der Waals surface area contributed by atoms with Crippen LogP contribution in [0.5, 0.6) is 0 Å². The SMILES string of the molecule is CC(CO)NC(=O)c1ccc(NC/C(Cl)=C/Cl)cc1. The second-order valence-corrected chi connectivity index (χ2v) is 4.75. The van der Waals surface area contributed by atoms with E-state index in [0.717, 1.165) is 5.69 Å². The number of anilines is 1. The number of amides is 1. The van der Waals surface area contributed by atoms with Crippen molar-refractivity contribution < 1.29 is 9.90 Å². The van der Waals surface area contributed by atoms with Gasteiger partial charge in [0.2, 0.25) is 0 Å². The minimum absolute atomic E-state index is 0.0887. The highest BCUT2D eigenvalue weighted by molar-refractivity contribution is 6.36. The van der Waals surface area contributed by atoms with Crippen molar-refractivity contribution in [2.75, 3.05) is 18.5 Å². The van der Waals surface area contributed by atoms with Gasteiger partial charge in [-0.15, -0.1) is 0 Å². The molecule has 1 amide bonds. The van der Waals surface area contributed by atoms with Crippen LogP contribution in [0, 0.1) is 0 Å². The second-order valence-electron chi connectivity index (χ2n) is 4.04. The summed E-state index contributed by atoms with van der Waals surface area (Å²) in [5.74, 6) is -0.216. The lowest BCUT2D eigenvalue weighted by Crippen LogP contribution is -2.34. The summed E-state index contributed by atoms with van der Waals surface area (Å²) >= 11 is 11.2. The molecule has 3 N–H and O–H groups in total. The number of hydrogen-bond donors (Lipinski definition) is 3. The average Bonchev–Trinajstić information content (AvgIpc) is 2.44. The van der Waals surface area contributed by atoms with E-state index in [4.69, 9.17) is 28.3 Å². The molecule has 0 saturated heterocycles. The van der Waals surface area contributed by atoms with Gasteiger partial charge in [0.15, 0.2) is 0 Å². The van der Waals surface area contributed by atoms with Gasteiger partial charge in [-0.1, -0.05) is 23.2 Å². The first kappa shape index (κ1) is 15.8. The minimum atomic E-state index is -0.266. The van der Waals surface area contributed by atoms with Crippen molar-refractivity contribution in [2.24, 2.45) is 0 Å². The van der Waals surface area contributed by atoms with Crippen LogP contribution in [0.15, 0.2) is 34.8 Å². The molecule has 6 heteroatoms. The topological polar surface area (TPSA) is 61.4 Å². The monoisotopic (exact) mass is 302 g/mol. The number of nitrogens with one attached hydrogen (secondary N) is 2. The Morgan fingerprint density at radius 3 is 2.58 bits per heavy atom. The number of hydrogen-bond acceptors (Lipinski definition) is 3. The highest BCUT2D eigenvalue weighted by Crippen LogP contribution is 2.11. The van der Waals surface area contributed by atoms with Crippen molar-refractivity contribution in [1.29, 1.82) is 0 Å². The van der Waals surface area contributed by atoms with Gasteiger partial charge in [-0.05, 0) is 31.2 Å². The van der Waals surface area contributed by atoms with Gasteiger partial charge >= 0.3 is 0 Å². The normalized spacial score (nSPS) is 12.9. The minimum Gasteiger partial charge on any atom is -0.394 e. The molecule has 0 saturated carbocycles.